The number of furan rings is 1. The summed E-state index contributed by atoms with van der Waals surface area (Å²) in [5.41, 5.74) is -0.461. The summed E-state index contributed by atoms with van der Waals surface area (Å²) in [6.45, 7) is 8.76. The van der Waals surface area contributed by atoms with Gasteiger partial charge in [0.05, 0.1) is 18.4 Å². The van der Waals surface area contributed by atoms with E-state index in [1.165, 1.54) is 12.3 Å². The zero-order valence-corrected chi connectivity index (χ0v) is 13.5. The van der Waals surface area contributed by atoms with Crippen molar-refractivity contribution < 1.29 is 23.5 Å². The lowest BCUT2D eigenvalue weighted by atomic mass is 10.1. The lowest BCUT2D eigenvalue weighted by Gasteiger charge is -2.17. The van der Waals surface area contributed by atoms with Gasteiger partial charge in [0, 0.05) is 0 Å². The van der Waals surface area contributed by atoms with Gasteiger partial charge in [0.2, 0.25) is 0 Å². The number of nitrogens with zero attached hydrogens (tertiary/aromatic N) is 1. The maximum atomic E-state index is 12.0. The molecule has 0 spiro atoms. The zero-order chi connectivity index (χ0) is 16.8. The van der Waals surface area contributed by atoms with Crippen molar-refractivity contribution in [3.63, 3.8) is 0 Å². The standard InChI is InChI=1S/C16H21NO5/c1-6-11(14(18)20-7-2)13(12-9-8-10-21-12)17-15(19)22-16(3,4)5/h6,8-10H,7H2,1-5H3/b11-6+,17-13-. The van der Waals surface area contributed by atoms with Crippen LogP contribution in [0.15, 0.2) is 39.5 Å². The van der Waals surface area contributed by atoms with Crippen molar-refractivity contribution in [2.24, 2.45) is 4.99 Å². The fraction of sp³-hybridized carbons (Fsp3) is 0.438. The zero-order valence-electron chi connectivity index (χ0n) is 13.5. The van der Waals surface area contributed by atoms with Crippen molar-refractivity contribution >= 4 is 17.8 Å². The first-order chi connectivity index (χ1) is 10.3. The van der Waals surface area contributed by atoms with Crippen LogP contribution in [0.2, 0.25) is 0 Å². The molecular weight excluding hydrogens is 286 g/mol. The summed E-state index contributed by atoms with van der Waals surface area (Å²) >= 11 is 0. The van der Waals surface area contributed by atoms with Crippen molar-refractivity contribution in [2.75, 3.05) is 6.61 Å². The SMILES string of the molecule is C/C=C(C(=O)OCC)\C(=N\C(=O)OC(C)(C)C)c1ccco1. The number of rotatable bonds is 4. The Kier molecular flexibility index (Phi) is 6.10. The molecule has 0 atom stereocenters. The Morgan fingerprint density at radius 1 is 1.36 bits per heavy atom. The minimum atomic E-state index is -0.803. The quantitative estimate of drug-likeness (QED) is 0.483. The molecule has 120 valence electrons. The van der Waals surface area contributed by atoms with Crippen LogP contribution in [0.4, 0.5) is 4.79 Å². The van der Waals surface area contributed by atoms with Crippen molar-refractivity contribution in [1.82, 2.24) is 0 Å². The third-order valence-electron chi connectivity index (χ3n) is 2.39. The average molecular weight is 307 g/mol. The molecule has 1 rings (SSSR count). The molecule has 0 unspecified atom stereocenters. The van der Waals surface area contributed by atoms with Gasteiger partial charge in [-0.05, 0) is 46.8 Å². The normalized spacial score (nSPS) is 13.0. The molecule has 0 fully saturated rings. The third kappa shape index (κ3) is 5.20. The number of hydrogen-bond acceptors (Lipinski definition) is 5. The Morgan fingerprint density at radius 3 is 2.50 bits per heavy atom. The van der Waals surface area contributed by atoms with Crippen LogP contribution in [0.25, 0.3) is 0 Å². The number of allylic oxidation sites excluding steroid dienone is 1. The van der Waals surface area contributed by atoms with Gasteiger partial charge in [-0.25, -0.2) is 9.59 Å². The largest absolute Gasteiger partial charge is 0.463 e. The molecule has 0 N–H and O–H groups in total. The molecule has 0 aliphatic heterocycles. The minimum absolute atomic E-state index is 0.0835. The molecule has 0 bridgehead atoms. The first kappa shape index (κ1) is 17.7. The minimum Gasteiger partial charge on any atom is -0.463 e. The topological polar surface area (TPSA) is 78.1 Å². The molecule has 1 aromatic heterocycles. The highest BCUT2D eigenvalue weighted by Gasteiger charge is 2.23. The van der Waals surface area contributed by atoms with Crippen molar-refractivity contribution in [3.8, 4) is 0 Å². The summed E-state index contributed by atoms with van der Waals surface area (Å²) < 4.78 is 15.4. The van der Waals surface area contributed by atoms with Crippen LogP contribution >= 0.6 is 0 Å². The van der Waals surface area contributed by atoms with Crippen molar-refractivity contribution in [2.45, 2.75) is 40.2 Å². The Labute approximate surface area is 129 Å². The van der Waals surface area contributed by atoms with E-state index < -0.39 is 17.7 Å². The maximum absolute atomic E-state index is 12.0. The Morgan fingerprint density at radius 2 is 2.05 bits per heavy atom. The van der Waals surface area contributed by atoms with Crippen molar-refractivity contribution in [3.05, 3.63) is 35.8 Å². The third-order valence-corrected chi connectivity index (χ3v) is 2.39. The summed E-state index contributed by atoms with van der Waals surface area (Å²) in [7, 11) is 0. The molecule has 22 heavy (non-hydrogen) atoms. The van der Waals surface area contributed by atoms with Crippen LogP contribution in [0.5, 0.6) is 0 Å². The molecule has 0 saturated carbocycles. The number of carbonyl (C=O) groups excluding carboxylic acids is 2. The average Bonchev–Trinajstić information content (AvgIpc) is 2.90. The second-order valence-corrected chi connectivity index (χ2v) is 5.34. The number of amides is 1. The van der Waals surface area contributed by atoms with Crippen LogP contribution in [0.3, 0.4) is 0 Å². The second kappa shape index (κ2) is 7.59. The second-order valence-electron chi connectivity index (χ2n) is 5.34. The molecule has 1 heterocycles. The summed E-state index contributed by atoms with van der Waals surface area (Å²) in [6, 6.07) is 3.24. The Hall–Kier alpha value is -2.37. The van der Waals surface area contributed by atoms with Gasteiger partial charge in [0.15, 0.2) is 5.76 Å². The van der Waals surface area contributed by atoms with Gasteiger partial charge in [-0.2, -0.15) is 4.99 Å². The lowest BCUT2D eigenvalue weighted by molar-refractivity contribution is -0.137. The van der Waals surface area contributed by atoms with Gasteiger partial charge in [0.25, 0.3) is 0 Å². The van der Waals surface area contributed by atoms with E-state index >= 15 is 0 Å². The van der Waals surface area contributed by atoms with E-state index in [1.807, 2.05) is 0 Å². The molecule has 1 aromatic rings. The molecule has 6 nitrogen and oxygen atoms in total. The molecule has 0 radical (unpaired) electrons. The van der Waals surface area contributed by atoms with Gasteiger partial charge in [-0.15, -0.1) is 0 Å². The van der Waals surface area contributed by atoms with Gasteiger partial charge in [-0.3, -0.25) is 0 Å². The highest BCUT2D eigenvalue weighted by atomic mass is 16.6. The van der Waals surface area contributed by atoms with E-state index in [0.29, 0.717) is 0 Å². The number of hydrogen-bond donors (Lipinski definition) is 0. The Balaban J connectivity index is 3.20. The van der Waals surface area contributed by atoms with Gasteiger partial charge < -0.3 is 13.9 Å². The van der Waals surface area contributed by atoms with Crippen LogP contribution in [-0.4, -0.2) is 30.0 Å². The first-order valence-corrected chi connectivity index (χ1v) is 6.97. The predicted molar refractivity (Wildman–Crippen MR) is 81.9 cm³/mol. The summed E-state index contributed by atoms with van der Waals surface area (Å²) in [4.78, 5) is 27.8. The molecule has 0 aliphatic carbocycles. The maximum Gasteiger partial charge on any atom is 0.434 e. The molecule has 0 aliphatic rings. The van der Waals surface area contributed by atoms with Gasteiger partial charge >= 0.3 is 12.1 Å². The van der Waals surface area contributed by atoms with E-state index in [9.17, 15) is 9.59 Å². The van der Waals surface area contributed by atoms with E-state index in [2.05, 4.69) is 4.99 Å². The van der Waals surface area contributed by atoms with Gasteiger partial charge in [0.1, 0.15) is 11.3 Å². The van der Waals surface area contributed by atoms with E-state index in [-0.39, 0.29) is 23.7 Å². The van der Waals surface area contributed by atoms with E-state index in [4.69, 9.17) is 13.9 Å². The van der Waals surface area contributed by atoms with Gasteiger partial charge in [-0.1, -0.05) is 6.08 Å². The van der Waals surface area contributed by atoms with Crippen LogP contribution in [0.1, 0.15) is 40.4 Å². The number of carbonyl (C=O) groups is 2. The number of esters is 1. The number of ether oxygens (including phenoxy) is 2. The van der Waals surface area contributed by atoms with Crippen LogP contribution < -0.4 is 0 Å². The fourth-order valence-corrected chi connectivity index (χ4v) is 1.60. The molecule has 0 aromatic carbocycles. The highest BCUT2D eigenvalue weighted by Crippen LogP contribution is 2.15. The van der Waals surface area contributed by atoms with E-state index in [0.717, 1.165) is 0 Å². The Bertz CT molecular complexity index is 576. The van der Waals surface area contributed by atoms with E-state index in [1.54, 1.807) is 46.8 Å². The lowest BCUT2D eigenvalue weighted by Crippen LogP contribution is -2.24. The molecule has 6 heteroatoms. The molecular formula is C16H21NO5. The van der Waals surface area contributed by atoms with Crippen LogP contribution in [0, 0.1) is 0 Å². The fourth-order valence-electron chi connectivity index (χ4n) is 1.60. The first-order valence-electron chi connectivity index (χ1n) is 6.97. The summed E-state index contributed by atoms with van der Waals surface area (Å²) in [5, 5.41) is 0. The van der Waals surface area contributed by atoms with Crippen LogP contribution in [-0.2, 0) is 14.3 Å². The molecule has 0 saturated heterocycles. The smallest absolute Gasteiger partial charge is 0.434 e. The molecule has 1 amide bonds. The monoisotopic (exact) mass is 307 g/mol. The summed E-state index contributed by atoms with van der Waals surface area (Å²) in [6.07, 6.45) is 2.14. The predicted octanol–water partition coefficient (Wildman–Crippen LogP) is 3.51. The summed E-state index contributed by atoms with van der Waals surface area (Å²) in [5.74, 6) is -0.296. The highest BCUT2D eigenvalue weighted by molar-refractivity contribution is 6.27. The number of aliphatic imine (C=N–C) groups is 1. The van der Waals surface area contributed by atoms with Crippen molar-refractivity contribution in [1.29, 1.82) is 0 Å².